The van der Waals surface area contributed by atoms with Crippen LogP contribution >= 0.6 is 0 Å². The van der Waals surface area contributed by atoms with Crippen molar-refractivity contribution in [1.29, 1.82) is 0 Å². The molecule has 2 heterocycles. The van der Waals surface area contributed by atoms with Gasteiger partial charge in [0.25, 0.3) is 0 Å². The van der Waals surface area contributed by atoms with E-state index in [4.69, 9.17) is 4.42 Å². The molecule has 132 valence electrons. The number of fused-ring (bicyclic) bond motifs is 1. The van der Waals surface area contributed by atoms with Gasteiger partial charge in [-0.2, -0.15) is 0 Å². The molecule has 25 heavy (non-hydrogen) atoms. The Hall–Kier alpha value is -2.34. The number of hydrogen-bond donors (Lipinski definition) is 1. The minimum atomic E-state index is -0.194. The van der Waals surface area contributed by atoms with Gasteiger partial charge < -0.3 is 14.4 Å². The molecule has 1 atom stereocenters. The number of hydrogen-bond acceptors (Lipinski definition) is 5. The van der Waals surface area contributed by atoms with Gasteiger partial charge in [0, 0.05) is 38.3 Å². The van der Waals surface area contributed by atoms with Gasteiger partial charge in [0.05, 0.1) is 11.6 Å². The molecular formula is C19H23N3O3. The van der Waals surface area contributed by atoms with Crippen molar-refractivity contribution >= 4 is 5.91 Å². The van der Waals surface area contributed by atoms with Crippen molar-refractivity contribution in [1.82, 2.24) is 14.8 Å². The van der Waals surface area contributed by atoms with Gasteiger partial charge in [-0.05, 0) is 31.4 Å². The molecule has 0 saturated carbocycles. The lowest BCUT2D eigenvalue weighted by molar-refractivity contribution is -0.134. The second kappa shape index (κ2) is 6.52. The van der Waals surface area contributed by atoms with Crippen molar-refractivity contribution in [3.05, 3.63) is 47.2 Å². The lowest BCUT2D eigenvalue weighted by Gasteiger charge is -2.35. The molecule has 2 aromatic rings. The van der Waals surface area contributed by atoms with Gasteiger partial charge in [0.15, 0.2) is 6.39 Å². The third-order valence-corrected chi connectivity index (χ3v) is 5.42. The van der Waals surface area contributed by atoms with E-state index >= 15 is 0 Å². The molecule has 1 fully saturated rings. The Kier molecular flexibility index (Phi) is 4.21. The van der Waals surface area contributed by atoms with E-state index in [9.17, 15) is 9.90 Å². The summed E-state index contributed by atoms with van der Waals surface area (Å²) >= 11 is 0. The number of aromatic hydroxyl groups is 1. The van der Waals surface area contributed by atoms with E-state index in [1.807, 2.05) is 24.0 Å². The highest BCUT2D eigenvalue weighted by Crippen LogP contribution is 2.40. The quantitative estimate of drug-likeness (QED) is 0.925. The summed E-state index contributed by atoms with van der Waals surface area (Å²) in [6, 6.07) is 5.55. The maximum atomic E-state index is 13.0. The van der Waals surface area contributed by atoms with Crippen LogP contribution in [-0.2, 0) is 17.8 Å². The smallest absolute Gasteiger partial charge is 0.230 e. The van der Waals surface area contributed by atoms with E-state index in [1.165, 1.54) is 6.39 Å². The third-order valence-electron chi connectivity index (χ3n) is 5.42. The number of carbonyl (C=O) groups is 1. The number of benzene rings is 1. The number of carbonyl (C=O) groups excluding carboxylic acids is 1. The molecule has 0 bridgehead atoms. The largest absolute Gasteiger partial charge is 0.508 e. The fraction of sp³-hybridized carbons (Fsp3) is 0.474. The zero-order valence-electron chi connectivity index (χ0n) is 14.4. The second-order valence-corrected chi connectivity index (χ2v) is 6.90. The highest BCUT2D eigenvalue weighted by molar-refractivity contribution is 5.86. The maximum absolute atomic E-state index is 13.0. The fourth-order valence-electron chi connectivity index (χ4n) is 3.95. The van der Waals surface area contributed by atoms with Crippen LogP contribution in [0.3, 0.4) is 0 Å². The molecule has 0 radical (unpaired) electrons. The van der Waals surface area contributed by atoms with Crippen molar-refractivity contribution < 1.29 is 14.3 Å². The molecule has 6 heteroatoms. The Labute approximate surface area is 147 Å². The molecule has 1 N–H and O–H groups in total. The van der Waals surface area contributed by atoms with Crippen LogP contribution in [-0.4, -0.2) is 52.0 Å². The summed E-state index contributed by atoms with van der Waals surface area (Å²) in [5.41, 5.74) is 2.92. The molecule has 6 nitrogen and oxygen atoms in total. The molecule has 1 aromatic heterocycles. The van der Waals surface area contributed by atoms with Crippen molar-refractivity contribution in [2.75, 3.05) is 26.2 Å². The number of amides is 1. The molecule has 2 aliphatic rings. The van der Waals surface area contributed by atoms with E-state index in [0.717, 1.165) is 68.1 Å². The first-order valence-corrected chi connectivity index (χ1v) is 8.84. The number of piperazine rings is 1. The summed E-state index contributed by atoms with van der Waals surface area (Å²) < 4.78 is 5.25. The zero-order valence-corrected chi connectivity index (χ0v) is 14.4. The number of phenolic OH excluding ortho intramolecular Hbond substituents is 1. The van der Waals surface area contributed by atoms with Crippen LogP contribution in [0.5, 0.6) is 5.75 Å². The maximum Gasteiger partial charge on any atom is 0.230 e. The van der Waals surface area contributed by atoms with E-state index in [1.54, 1.807) is 6.07 Å². The number of aryl methyl sites for hydroxylation is 2. The Morgan fingerprint density at radius 1 is 1.32 bits per heavy atom. The first-order chi connectivity index (χ1) is 12.1. The predicted octanol–water partition coefficient (Wildman–Crippen LogP) is 2.06. The summed E-state index contributed by atoms with van der Waals surface area (Å²) in [6.45, 7) is 5.78. The van der Waals surface area contributed by atoms with Crippen molar-refractivity contribution in [2.24, 2.45) is 0 Å². The highest BCUT2D eigenvalue weighted by atomic mass is 16.3. The van der Waals surface area contributed by atoms with Gasteiger partial charge in [-0.1, -0.05) is 12.1 Å². The summed E-state index contributed by atoms with van der Waals surface area (Å²) in [5.74, 6) is 1.07. The van der Waals surface area contributed by atoms with Crippen molar-refractivity contribution in [3.8, 4) is 5.75 Å². The lowest BCUT2D eigenvalue weighted by atomic mass is 9.98. The van der Waals surface area contributed by atoms with Crippen molar-refractivity contribution in [3.63, 3.8) is 0 Å². The molecule has 1 saturated heterocycles. The summed E-state index contributed by atoms with van der Waals surface area (Å²) in [5, 5.41) is 10.2. The van der Waals surface area contributed by atoms with Crippen LogP contribution in [0.1, 0.15) is 34.9 Å². The van der Waals surface area contributed by atoms with Crippen LogP contribution in [0.15, 0.2) is 29.0 Å². The normalized spacial score (nSPS) is 20.7. The molecule has 1 amide bonds. The second-order valence-electron chi connectivity index (χ2n) is 6.90. The average molecular weight is 341 g/mol. The van der Waals surface area contributed by atoms with E-state index in [-0.39, 0.29) is 17.6 Å². The Bertz CT molecular complexity index is 778. The summed E-state index contributed by atoms with van der Waals surface area (Å²) in [7, 11) is 0. The molecule has 1 unspecified atom stereocenters. The molecule has 1 aromatic carbocycles. The minimum Gasteiger partial charge on any atom is -0.508 e. The number of rotatable bonds is 3. The highest BCUT2D eigenvalue weighted by Gasteiger charge is 2.35. The molecule has 0 spiro atoms. The average Bonchev–Trinajstić information content (AvgIpc) is 3.22. The SMILES string of the molecule is Cc1ocnc1CN1CCN(C(=O)C2CCc3cccc(O)c32)CC1. The van der Waals surface area contributed by atoms with E-state index in [0.29, 0.717) is 0 Å². The van der Waals surface area contributed by atoms with Gasteiger partial charge in [0.1, 0.15) is 11.5 Å². The van der Waals surface area contributed by atoms with Crippen LogP contribution in [0.2, 0.25) is 0 Å². The number of nitrogens with zero attached hydrogens (tertiary/aromatic N) is 3. The van der Waals surface area contributed by atoms with Crippen LogP contribution in [0.4, 0.5) is 0 Å². The molecule has 4 rings (SSSR count). The lowest BCUT2D eigenvalue weighted by Crippen LogP contribution is -2.49. The Balaban J connectivity index is 1.39. The van der Waals surface area contributed by atoms with Gasteiger partial charge >= 0.3 is 0 Å². The standard InChI is InChI=1S/C19H23N3O3/c1-13-16(20-12-25-13)11-21-7-9-22(10-8-21)19(24)15-6-5-14-3-2-4-17(23)18(14)15/h2-4,12,15,23H,5-11H2,1H3. The van der Waals surface area contributed by atoms with E-state index in [2.05, 4.69) is 9.88 Å². The first kappa shape index (κ1) is 16.1. The van der Waals surface area contributed by atoms with Crippen molar-refractivity contribution in [2.45, 2.75) is 32.2 Å². The number of phenols is 1. The first-order valence-electron chi connectivity index (χ1n) is 8.84. The van der Waals surface area contributed by atoms with Crippen LogP contribution in [0, 0.1) is 6.92 Å². The monoisotopic (exact) mass is 341 g/mol. The van der Waals surface area contributed by atoms with Crippen LogP contribution < -0.4 is 0 Å². The summed E-state index contributed by atoms with van der Waals surface area (Å²) in [4.78, 5) is 21.5. The molecule has 1 aliphatic heterocycles. The Morgan fingerprint density at radius 3 is 2.84 bits per heavy atom. The predicted molar refractivity (Wildman–Crippen MR) is 92.3 cm³/mol. The van der Waals surface area contributed by atoms with Gasteiger partial charge in [-0.15, -0.1) is 0 Å². The fourth-order valence-corrected chi connectivity index (χ4v) is 3.95. The van der Waals surface area contributed by atoms with E-state index < -0.39 is 0 Å². The number of aromatic nitrogens is 1. The third kappa shape index (κ3) is 3.02. The topological polar surface area (TPSA) is 69.8 Å². The summed E-state index contributed by atoms with van der Waals surface area (Å²) in [6.07, 6.45) is 3.14. The molecular weight excluding hydrogens is 318 g/mol. The van der Waals surface area contributed by atoms with Gasteiger partial charge in [-0.3, -0.25) is 9.69 Å². The zero-order chi connectivity index (χ0) is 17.4. The van der Waals surface area contributed by atoms with Crippen LogP contribution in [0.25, 0.3) is 0 Å². The molecule has 1 aliphatic carbocycles. The minimum absolute atomic E-state index is 0.150. The Morgan fingerprint density at radius 2 is 2.12 bits per heavy atom. The number of oxazole rings is 1. The van der Waals surface area contributed by atoms with Gasteiger partial charge in [-0.25, -0.2) is 4.98 Å². The van der Waals surface area contributed by atoms with Gasteiger partial charge in [0.2, 0.25) is 5.91 Å².